The topological polar surface area (TPSA) is 17.8 Å². The van der Waals surface area contributed by atoms with Gasteiger partial charge in [0.05, 0.1) is 0 Å². The van der Waals surface area contributed by atoms with E-state index in [1.165, 1.54) is 0 Å². The first-order valence-electron chi connectivity index (χ1n) is 2.71. The average molecular weight is 295 g/mol. The molecule has 0 saturated carbocycles. The molecule has 1 radical (unpaired) electrons. The van der Waals surface area contributed by atoms with E-state index in [-0.39, 0.29) is 20.4 Å². The Morgan fingerprint density at radius 3 is 2.44 bits per heavy atom. The Hall–Kier alpha value is -0.128. The maximum absolute atomic E-state index is 3.78. The van der Waals surface area contributed by atoms with Gasteiger partial charge in [0.25, 0.3) is 0 Å². The zero-order valence-corrected chi connectivity index (χ0v) is 8.22. The van der Waals surface area contributed by atoms with Crippen LogP contribution in [0.5, 0.6) is 0 Å². The Labute approximate surface area is 68.9 Å². The molecule has 1 rings (SSSR count). The van der Waals surface area contributed by atoms with Crippen LogP contribution >= 0.6 is 0 Å². The standard InChI is InChI=1S/C6H9N2.Re/c1-6(2)8-4-3-7-5-8;/h3-4,6H,1-2H3;/q-1;. The van der Waals surface area contributed by atoms with Crippen molar-refractivity contribution in [3.8, 4) is 0 Å². The third kappa shape index (κ3) is 2.30. The first kappa shape index (κ1) is 8.87. The van der Waals surface area contributed by atoms with Gasteiger partial charge in [-0.25, -0.2) is 0 Å². The molecule has 0 aliphatic heterocycles. The molecule has 9 heavy (non-hydrogen) atoms. The van der Waals surface area contributed by atoms with Gasteiger partial charge >= 0.3 is 0 Å². The normalized spacial score (nSPS) is 9.22. The quantitative estimate of drug-likeness (QED) is 0.713. The molecule has 3 heteroatoms. The predicted molar refractivity (Wildman–Crippen MR) is 31.4 cm³/mol. The van der Waals surface area contributed by atoms with Gasteiger partial charge in [0, 0.05) is 32.8 Å². The fourth-order valence-corrected chi connectivity index (χ4v) is 0.526. The number of imidazole rings is 1. The monoisotopic (exact) mass is 296 g/mol. The molecule has 0 saturated heterocycles. The van der Waals surface area contributed by atoms with Gasteiger partial charge in [-0.05, 0) is 13.8 Å². The van der Waals surface area contributed by atoms with Gasteiger partial charge in [-0.15, -0.1) is 12.4 Å². The van der Waals surface area contributed by atoms with Gasteiger partial charge in [0.2, 0.25) is 0 Å². The third-order valence-corrected chi connectivity index (χ3v) is 1.03. The molecule has 0 N–H and O–H groups in total. The van der Waals surface area contributed by atoms with Gasteiger partial charge in [0.1, 0.15) is 0 Å². The van der Waals surface area contributed by atoms with Crippen molar-refractivity contribution in [2.24, 2.45) is 0 Å². The van der Waals surface area contributed by atoms with E-state index in [1.807, 2.05) is 10.8 Å². The zero-order chi connectivity index (χ0) is 5.98. The molecule has 0 spiro atoms. The molecular weight excluding hydrogens is 286 g/mol. The van der Waals surface area contributed by atoms with Crippen LogP contribution in [0, 0.1) is 6.33 Å². The molecule has 0 atom stereocenters. The van der Waals surface area contributed by atoms with Crippen molar-refractivity contribution in [3.63, 3.8) is 0 Å². The number of nitrogens with zero attached hydrogens (tertiary/aromatic N) is 2. The molecule has 1 aromatic rings. The summed E-state index contributed by atoms with van der Waals surface area (Å²) in [5.74, 6) is 0. The van der Waals surface area contributed by atoms with Crippen LogP contribution in [0.1, 0.15) is 19.9 Å². The minimum Gasteiger partial charge on any atom is -0.452 e. The fourth-order valence-electron chi connectivity index (χ4n) is 0.526. The number of hydrogen-bond donors (Lipinski definition) is 0. The smallest absolute Gasteiger partial charge is 0.00470 e. The molecule has 0 aromatic carbocycles. The number of aromatic nitrogens is 2. The van der Waals surface area contributed by atoms with Gasteiger partial charge in [-0.2, -0.15) is 0 Å². The van der Waals surface area contributed by atoms with Crippen LogP contribution in [0.2, 0.25) is 0 Å². The van der Waals surface area contributed by atoms with Crippen molar-refractivity contribution in [1.29, 1.82) is 0 Å². The van der Waals surface area contributed by atoms with E-state index in [9.17, 15) is 0 Å². The third-order valence-electron chi connectivity index (χ3n) is 1.03. The summed E-state index contributed by atoms with van der Waals surface area (Å²) < 4.78 is 1.93. The molecule has 1 aromatic heterocycles. The van der Waals surface area contributed by atoms with Crippen molar-refractivity contribution in [2.45, 2.75) is 19.9 Å². The Kier molecular flexibility index (Phi) is 3.76. The number of hydrogen-bond acceptors (Lipinski definition) is 1. The molecule has 0 amide bonds. The summed E-state index contributed by atoms with van der Waals surface area (Å²) in [4.78, 5) is 3.78. The van der Waals surface area contributed by atoms with E-state index in [0.717, 1.165) is 0 Å². The molecule has 2 nitrogen and oxygen atoms in total. The second-order valence-electron chi connectivity index (χ2n) is 2.03. The maximum atomic E-state index is 3.78. The van der Waals surface area contributed by atoms with Crippen molar-refractivity contribution in [1.82, 2.24) is 9.55 Å². The Bertz CT molecular complexity index is 146. The van der Waals surface area contributed by atoms with E-state index >= 15 is 0 Å². The Morgan fingerprint density at radius 1 is 1.56 bits per heavy atom. The van der Waals surface area contributed by atoms with Crippen LogP contribution in [-0.2, 0) is 20.4 Å². The molecule has 0 fully saturated rings. The fraction of sp³-hybridized carbons (Fsp3) is 0.500. The Balaban J connectivity index is 0.000000640. The second-order valence-corrected chi connectivity index (χ2v) is 2.03. The summed E-state index contributed by atoms with van der Waals surface area (Å²) in [7, 11) is 0. The zero-order valence-electron chi connectivity index (χ0n) is 5.50. The van der Waals surface area contributed by atoms with Crippen LogP contribution in [0.3, 0.4) is 0 Å². The van der Waals surface area contributed by atoms with Gasteiger partial charge in [0.15, 0.2) is 0 Å². The predicted octanol–water partition coefficient (Wildman–Crippen LogP) is 1.26. The van der Waals surface area contributed by atoms with Crippen LogP contribution in [0.4, 0.5) is 0 Å². The summed E-state index contributed by atoms with van der Waals surface area (Å²) in [5.41, 5.74) is 0. The van der Waals surface area contributed by atoms with E-state index < -0.39 is 0 Å². The van der Waals surface area contributed by atoms with Crippen molar-refractivity contribution >= 4 is 0 Å². The van der Waals surface area contributed by atoms with E-state index in [1.54, 1.807) is 6.20 Å². The summed E-state index contributed by atoms with van der Waals surface area (Å²) in [6, 6.07) is 0.484. The molecular formula is C6H9N2Re-. The molecule has 0 unspecified atom stereocenters. The van der Waals surface area contributed by atoms with Gasteiger partial charge in [-0.3, -0.25) is 0 Å². The van der Waals surface area contributed by atoms with Crippen molar-refractivity contribution < 1.29 is 20.4 Å². The average Bonchev–Trinajstić information content (AvgIpc) is 2.12. The van der Waals surface area contributed by atoms with Crippen LogP contribution < -0.4 is 0 Å². The first-order chi connectivity index (χ1) is 3.80. The number of rotatable bonds is 1. The van der Waals surface area contributed by atoms with Crippen LogP contribution in [-0.4, -0.2) is 9.55 Å². The van der Waals surface area contributed by atoms with E-state index in [0.29, 0.717) is 6.04 Å². The summed E-state index contributed by atoms with van der Waals surface area (Å²) >= 11 is 0. The SMILES string of the molecule is CC(C)n1[c-]ncc1.[Re]. The molecule has 0 aliphatic rings. The second kappa shape index (κ2) is 3.81. The minimum absolute atomic E-state index is 0. The first-order valence-corrected chi connectivity index (χ1v) is 2.71. The van der Waals surface area contributed by atoms with Gasteiger partial charge < -0.3 is 9.55 Å². The van der Waals surface area contributed by atoms with E-state index in [2.05, 4.69) is 25.2 Å². The minimum atomic E-state index is 0. The van der Waals surface area contributed by atoms with Crippen molar-refractivity contribution in [3.05, 3.63) is 18.7 Å². The molecule has 51 valence electrons. The van der Waals surface area contributed by atoms with Crippen LogP contribution in [0.15, 0.2) is 12.4 Å². The van der Waals surface area contributed by atoms with Crippen LogP contribution in [0.25, 0.3) is 0 Å². The van der Waals surface area contributed by atoms with Gasteiger partial charge in [-0.1, -0.05) is 0 Å². The molecule has 1 heterocycles. The summed E-state index contributed by atoms with van der Waals surface area (Å²) in [6.07, 6.45) is 6.45. The largest absolute Gasteiger partial charge is 0.452 e. The summed E-state index contributed by atoms with van der Waals surface area (Å²) in [6.45, 7) is 4.19. The van der Waals surface area contributed by atoms with Crippen molar-refractivity contribution in [2.75, 3.05) is 0 Å². The molecule has 0 aliphatic carbocycles. The van der Waals surface area contributed by atoms with E-state index in [4.69, 9.17) is 0 Å². The molecule has 0 bridgehead atoms. The Morgan fingerprint density at radius 2 is 2.22 bits per heavy atom. The maximum Gasteiger partial charge on any atom is 0.00470 e. The summed E-state index contributed by atoms with van der Waals surface area (Å²) in [5, 5.41) is 0.